The number of anilines is 1. The molecule has 1 unspecified atom stereocenters. The lowest BCUT2D eigenvalue weighted by Gasteiger charge is -2.26. The molecule has 10 heteroatoms. The minimum atomic E-state index is -1.62. The van der Waals surface area contributed by atoms with E-state index in [-0.39, 0.29) is 17.2 Å². The lowest BCUT2D eigenvalue weighted by atomic mass is 9.91. The zero-order valence-corrected chi connectivity index (χ0v) is 30.8. The smallest absolute Gasteiger partial charge is 0.256 e. The van der Waals surface area contributed by atoms with E-state index in [1.54, 1.807) is 4.90 Å². The van der Waals surface area contributed by atoms with Crippen LogP contribution in [0, 0.1) is 12.3 Å². The Bertz CT molecular complexity index is 1720. The zero-order valence-electron chi connectivity index (χ0n) is 29.9. The number of carbonyl (C=O) groups is 2. The van der Waals surface area contributed by atoms with Gasteiger partial charge in [-0.3, -0.25) is 19.5 Å². The molecule has 1 aromatic heterocycles. The number of aliphatic imine (C=N–C) groups is 1. The third kappa shape index (κ3) is 7.75. The number of hydrogen-bond acceptors (Lipinski definition) is 7. The monoisotopic (exact) mass is 685 g/mol. The van der Waals surface area contributed by atoms with Crippen molar-refractivity contribution in [2.24, 2.45) is 10.4 Å². The van der Waals surface area contributed by atoms with E-state index in [0.717, 1.165) is 97.2 Å². The van der Waals surface area contributed by atoms with Crippen LogP contribution in [0.1, 0.15) is 120 Å². The second-order valence-corrected chi connectivity index (χ2v) is 16.6. The summed E-state index contributed by atoms with van der Waals surface area (Å²) in [5, 5.41) is 4.20. The summed E-state index contributed by atoms with van der Waals surface area (Å²) < 4.78 is 22.6. The number of amidine groups is 1. The molecule has 2 amide bonds. The lowest BCUT2D eigenvalue weighted by Crippen LogP contribution is -2.40. The average Bonchev–Trinajstić information content (AvgIpc) is 3.57. The van der Waals surface area contributed by atoms with Crippen LogP contribution < -0.4 is 4.72 Å². The predicted octanol–water partition coefficient (Wildman–Crippen LogP) is 8.30. The molecule has 2 heterocycles. The van der Waals surface area contributed by atoms with Gasteiger partial charge in [0.15, 0.2) is 4.90 Å². The Balaban J connectivity index is 1.34. The highest BCUT2D eigenvalue weighted by Gasteiger charge is 2.49. The fraction of sp³-hybridized carbons (Fsp3) is 0.538. The molecule has 262 valence electrons. The molecule has 3 aromatic rings. The second kappa shape index (κ2) is 14.3. The van der Waals surface area contributed by atoms with Crippen molar-refractivity contribution in [2.45, 2.75) is 128 Å². The fourth-order valence-electron chi connectivity index (χ4n) is 7.25. The first kappa shape index (κ1) is 35.2. The molecule has 3 aliphatic rings. The van der Waals surface area contributed by atoms with Crippen LogP contribution in [0.2, 0.25) is 0 Å². The van der Waals surface area contributed by atoms with Gasteiger partial charge in [-0.2, -0.15) is 4.72 Å². The van der Waals surface area contributed by atoms with Crippen molar-refractivity contribution in [3.63, 3.8) is 0 Å². The summed E-state index contributed by atoms with van der Waals surface area (Å²) in [5.74, 6) is 2.77. The summed E-state index contributed by atoms with van der Waals surface area (Å²) in [6.07, 6.45) is 9.10. The van der Waals surface area contributed by atoms with E-state index in [1.165, 1.54) is 0 Å². The van der Waals surface area contributed by atoms with Gasteiger partial charge in [0, 0.05) is 37.6 Å². The van der Waals surface area contributed by atoms with Crippen LogP contribution in [0.25, 0.3) is 11.1 Å². The Morgan fingerprint density at radius 2 is 1.88 bits per heavy atom. The Morgan fingerprint density at radius 3 is 2.57 bits per heavy atom. The van der Waals surface area contributed by atoms with Gasteiger partial charge in [0.25, 0.3) is 5.91 Å². The van der Waals surface area contributed by atoms with Gasteiger partial charge < -0.3 is 14.0 Å². The molecule has 0 saturated heterocycles. The highest BCUT2D eigenvalue weighted by molar-refractivity contribution is 7.92. The maximum Gasteiger partial charge on any atom is 0.256 e. The van der Waals surface area contributed by atoms with Crippen molar-refractivity contribution in [1.82, 2.24) is 15.0 Å². The predicted molar refractivity (Wildman–Crippen MR) is 194 cm³/mol. The Kier molecular flexibility index (Phi) is 10.3. The van der Waals surface area contributed by atoms with Gasteiger partial charge in [0.1, 0.15) is 28.5 Å². The average molecular weight is 686 g/mol. The standard InChI is InChI=1S/C39H51N5O4S/c1-7-8-15-33-40-39(20-11-12-21-39)37(46)44(33)24-27-16-19-30(29(22-27)25-43(6)34(45)23-38(3,4)5)31-13-9-10-14-32(31)49(47)42-36-35(28-17-18-28)26(2)48-41-36/h9-10,13-14,16,19,22,28H,7-8,11-12,15,17-18,20-21,23-25H2,1-6H3,(H,41,42). The molecule has 9 nitrogen and oxygen atoms in total. The molecule has 0 radical (unpaired) electrons. The van der Waals surface area contributed by atoms with Crippen LogP contribution in [-0.4, -0.2) is 49.7 Å². The van der Waals surface area contributed by atoms with Gasteiger partial charge in [-0.05, 0) is 79.2 Å². The van der Waals surface area contributed by atoms with Crippen LogP contribution in [0.5, 0.6) is 0 Å². The summed E-state index contributed by atoms with van der Waals surface area (Å²) >= 11 is -1.62. The lowest BCUT2D eigenvalue weighted by molar-refractivity contribution is -0.132. The molecule has 49 heavy (non-hydrogen) atoms. The number of benzene rings is 2. The summed E-state index contributed by atoms with van der Waals surface area (Å²) in [6, 6.07) is 13.9. The topological polar surface area (TPSA) is 114 Å². The van der Waals surface area contributed by atoms with E-state index >= 15 is 0 Å². The molecule has 1 aliphatic heterocycles. The minimum Gasteiger partial charge on any atom is -0.588 e. The molecule has 6 rings (SSSR count). The van der Waals surface area contributed by atoms with Crippen molar-refractivity contribution in [3.8, 4) is 11.1 Å². The quantitative estimate of drug-likeness (QED) is 0.181. The third-order valence-corrected chi connectivity index (χ3v) is 11.1. The van der Waals surface area contributed by atoms with Crippen LogP contribution >= 0.6 is 0 Å². The highest BCUT2D eigenvalue weighted by atomic mass is 32.2. The first-order valence-corrected chi connectivity index (χ1v) is 19.0. The molecule has 1 atom stereocenters. The van der Waals surface area contributed by atoms with Gasteiger partial charge >= 0.3 is 0 Å². The van der Waals surface area contributed by atoms with E-state index in [9.17, 15) is 14.1 Å². The fourth-order valence-corrected chi connectivity index (χ4v) is 8.26. The second-order valence-electron chi connectivity index (χ2n) is 15.4. The first-order chi connectivity index (χ1) is 23.4. The van der Waals surface area contributed by atoms with Crippen molar-refractivity contribution >= 4 is 34.8 Å². The SMILES string of the molecule is CCCCC1=NC2(CCCC2)C(=O)N1Cc1ccc(-c2ccccc2[S+]([O-])Nc2noc(C)c2C2CC2)c(CN(C)C(=O)CC(C)(C)C)c1. The van der Waals surface area contributed by atoms with Gasteiger partial charge in [-0.25, -0.2) is 0 Å². The maximum atomic E-state index is 14.0. The van der Waals surface area contributed by atoms with Gasteiger partial charge in [0.05, 0.1) is 6.54 Å². The van der Waals surface area contributed by atoms with E-state index in [1.807, 2.05) is 49.2 Å². The van der Waals surface area contributed by atoms with Gasteiger partial charge in [-0.15, -0.1) is 0 Å². The minimum absolute atomic E-state index is 0.0586. The molecule has 2 aromatic carbocycles. The molecule has 2 aliphatic carbocycles. The number of unbranched alkanes of at least 4 members (excludes halogenated alkanes) is 1. The number of hydrogen-bond donors (Lipinski definition) is 1. The van der Waals surface area contributed by atoms with Crippen molar-refractivity contribution < 1.29 is 18.7 Å². The Hall–Kier alpha value is -3.63. The number of nitrogens with zero attached hydrogens (tertiary/aromatic N) is 4. The van der Waals surface area contributed by atoms with Crippen LogP contribution in [-0.2, 0) is 34.0 Å². The van der Waals surface area contributed by atoms with Gasteiger partial charge in [0.2, 0.25) is 11.7 Å². The van der Waals surface area contributed by atoms with E-state index in [4.69, 9.17) is 9.52 Å². The highest BCUT2D eigenvalue weighted by Crippen LogP contribution is 2.46. The summed E-state index contributed by atoms with van der Waals surface area (Å²) in [7, 11) is 1.84. The largest absolute Gasteiger partial charge is 0.588 e. The first-order valence-electron chi connectivity index (χ1n) is 17.9. The number of carbonyl (C=O) groups excluding carboxylic acids is 2. The number of aromatic nitrogens is 1. The summed E-state index contributed by atoms with van der Waals surface area (Å²) in [6.45, 7) is 11.1. The van der Waals surface area contributed by atoms with Crippen LogP contribution in [0.15, 0.2) is 56.9 Å². The molecule has 2 saturated carbocycles. The summed E-state index contributed by atoms with van der Waals surface area (Å²) in [4.78, 5) is 36.7. The van der Waals surface area contributed by atoms with E-state index in [0.29, 0.717) is 36.1 Å². The van der Waals surface area contributed by atoms with Crippen molar-refractivity contribution in [2.75, 3.05) is 11.8 Å². The molecular formula is C39H51N5O4S. The molecule has 0 bridgehead atoms. The molecule has 2 fully saturated rings. The zero-order chi connectivity index (χ0) is 34.9. The molecule has 1 N–H and O–H groups in total. The Morgan fingerprint density at radius 1 is 1.14 bits per heavy atom. The van der Waals surface area contributed by atoms with Crippen LogP contribution in [0.3, 0.4) is 0 Å². The number of amides is 2. The molecule has 1 spiro atoms. The van der Waals surface area contributed by atoms with Crippen molar-refractivity contribution in [1.29, 1.82) is 0 Å². The number of rotatable bonds is 13. The van der Waals surface area contributed by atoms with Crippen LogP contribution in [0.4, 0.5) is 5.82 Å². The maximum absolute atomic E-state index is 14.0. The van der Waals surface area contributed by atoms with E-state index < -0.39 is 16.9 Å². The number of aryl methyl sites for hydroxylation is 1. The van der Waals surface area contributed by atoms with Crippen molar-refractivity contribution in [3.05, 3.63) is 64.9 Å². The molecular weight excluding hydrogens is 635 g/mol. The van der Waals surface area contributed by atoms with E-state index in [2.05, 4.69) is 49.7 Å². The van der Waals surface area contributed by atoms with Gasteiger partial charge in [-0.1, -0.05) is 82.4 Å². The number of nitrogens with one attached hydrogen (secondary N) is 1. The summed E-state index contributed by atoms with van der Waals surface area (Å²) in [5.41, 5.74) is 3.88. The normalized spacial score (nSPS) is 17.9. The Labute approximate surface area is 294 Å². The third-order valence-electron chi connectivity index (χ3n) is 9.97.